The van der Waals surface area contributed by atoms with E-state index in [9.17, 15) is 0 Å². The summed E-state index contributed by atoms with van der Waals surface area (Å²) in [5.41, 5.74) is 12.5. The summed E-state index contributed by atoms with van der Waals surface area (Å²) < 4.78 is 2.37. The molecule has 0 saturated carbocycles. The minimum Gasteiger partial charge on any atom is -0.354 e. The third-order valence-corrected chi connectivity index (χ3v) is 9.79. The van der Waals surface area contributed by atoms with E-state index in [4.69, 9.17) is 0 Å². The Hall–Kier alpha value is -5.12. The van der Waals surface area contributed by atoms with Crippen molar-refractivity contribution >= 4 is 43.6 Å². The van der Waals surface area contributed by atoms with E-state index in [1.165, 1.54) is 90.0 Å². The number of benzene rings is 6. The van der Waals surface area contributed by atoms with Gasteiger partial charge in [-0.3, -0.25) is 4.90 Å². The first kappa shape index (κ1) is 25.4. The molecule has 1 aliphatic rings. The molecule has 3 heterocycles. The van der Waals surface area contributed by atoms with E-state index < -0.39 is 0 Å². The van der Waals surface area contributed by atoms with Crippen LogP contribution >= 0.6 is 0 Å². The molecule has 0 amide bonds. The summed E-state index contributed by atoms with van der Waals surface area (Å²) in [7, 11) is 2.27. The quantitative estimate of drug-likeness (QED) is 0.225. The van der Waals surface area contributed by atoms with Gasteiger partial charge < -0.3 is 9.55 Å². The van der Waals surface area contributed by atoms with Crippen molar-refractivity contribution in [1.29, 1.82) is 0 Å². The highest BCUT2D eigenvalue weighted by Gasteiger charge is 2.26. The third kappa shape index (κ3) is 3.93. The highest BCUT2D eigenvalue weighted by atomic mass is 15.1. The van der Waals surface area contributed by atoms with Crippen LogP contribution in [0.2, 0.25) is 0 Å². The summed E-state index contributed by atoms with van der Waals surface area (Å²) in [4.78, 5) is 6.20. The van der Waals surface area contributed by atoms with E-state index in [1.807, 2.05) is 0 Å². The van der Waals surface area contributed by atoms with Crippen LogP contribution in [0, 0.1) is 0 Å². The summed E-state index contributed by atoms with van der Waals surface area (Å²) in [5, 5.41) is 5.20. The van der Waals surface area contributed by atoms with Gasteiger partial charge in [0.15, 0.2) is 0 Å². The molecule has 1 atom stereocenters. The van der Waals surface area contributed by atoms with E-state index >= 15 is 0 Å². The van der Waals surface area contributed by atoms with Crippen LogP contribution in [0.25, 0.3) is 71.6 Å². The number of nitrogens with zero attached hydrogens (tertiary/aromatic N) is 2. The fraction of sp³-hybridized carbons (Fsp3) is 0.122. The van der Waals surface area contributed by atoms with Gasteiger partial charge in [0.1, 0.15) is 0 Å². The minimum atomic E-state index is 0.441. The molecule has 9 rings (SSSR count). The Bertz CT molecular complexity index is 2270. The molecule has 1 N–H and O–H groups in total. The smallest absolute Gasteiger partial charge is 0.0541 e. The second kappa shape index (κ2) is 9.97. The molecule has 0 bridgehead atoms. The predicted molar refractivity (Wildman–Crippen MR) is 186 cm³/mol. The van der Waals surface area contributed by atoms with Gasteiger partial charge in [0, 0.05) is 44.3 Å². The summed E-state index contributed by atoms with van der Waals surface area (Å²) in [5.74, 6) is 0. The van der Waals surface area contributed by atoms with Gasteiger partial charge in [-0.1, -0.05) is 91.0 Å². The molecule has 0 aliphatic carbocycles. The average Bonchev–Trinajstić information content (AvgIpc) is 3.77. The number of nitrogens with one attached hydrogen (secondary N) is 1. The van der Waals surface area contributed by atoms with Crippen molar-refractivity contribution in [2.75, 3.05) is 13.6 Å². The van der Waals surface area contributed by atoms with Gasteiger partial charge in [-0.15, -0.1) is 0 Å². The number of para-hydroxylation sites is 3. The lowest BCUT2D eigenvalue weighted by Crippen LogP contribution is -2.18. The van der Waals surface area contributed by atoms with Crippen molar-refractivity contribution in [3.05, 3.63) is 139 Å². The molecular formula is C41H33N3. The Morgan fingerprint density at radius 2 is 1.16 bits per heavy atom. The Morgan fingerprint density at radius 1 is 0.568 bits per heavy atom. The van der Waals surface area contributed by atoms with E-state index in [1.54, 1.807) is 0 Å². The second-order valence-electron chi connectivity index (χ2n) is 12.3. The van der Waals surface area contributed by atoms with Crippen molar-refractivity contribution in [3.8, 4) is 27.9 Å². The van der Waals surface area contributed by atoms with Crippen LogP contribution in [0.4, 0.5) is 0 Å². The standard InChI is InChI=1S/C41H33N3/c1-43-24-8-15-39(43)36-25-35-31-9-2-5-12-37(31)42-38(35)26-34(36)29-18-16-27(17-19-29)28-20-22-30(23-21-28)44-40-13-6-3-10-32(40)33-11-4-7-14-41(33)44/h2-7,9-14,16-23,25-26,39,42H,8,15,24H2,1H3. The fourth-order valence-corrected chi connectivity index (χ4v) is 7.59. The van der Waals surface area contributed by atoms with Gasteiger partial charge in [-0.2, -0.15) is 0 Å². The maximum absolute atomic E-state index is 3.68. The Morgan fingerprint density at radius 3 is 1.82 bits per heavy atom. The molecule has 212 valence electrons. The molecule has 6 aromatic carbocycles. The first-order chi connectivity index (χ1) is 21.7. The lowest BCUT2D eigenvalue weighted by atomic mass is 9.91. The summed E-state index contributed by atoms with van der Waals surface area (Å²) in [6.45, 7) is 1.15. The Kier molecular flexibility index (Phi) is 5.75. The van der Waals surface area contributed by atoms with E-state index in [-0.39, 0.29) is 0 Å². The van der Waals surface area contributed by atoms with Crippen LogP contribution in [0.1, 0.15) is 24.4 Å². The Labute approximate surface area is 257 Å². The number of hydrogen-bond acceptors (Lipinski definition) is 1. The summed E-state index contributed by atoms with van der Waals surface area (Å²) in [6, 6.07) is 49.5. The zero-order valence-corrected chi connectivity index (χ0v) is 24.8. The van der Waals surface area contributed by atoms with E-state index in [0.29, 0.717) is 6.04 Å². The van der Waals surface area contributed by atoms with Crippen LogP contribution in [-0.4, -0.2) is 28.0 Å². The molecule has 1 aliphatic heterocycles. The van der Waals surface area contributed by atoms with Gasteiger partial charge in [0.25, 0.3) is 0 Å². The lowest BCUT2D eigenvalue weighted by Gasteiger charge is -2.23. The molecule has 0 radical (unpaired) electrons. The van der Waals surface area contributed by atoms with Gasteiger partial charge in [-0.05, 0) is 96.7 Å². The Balaban J connectivity index is 1.10. The topological polar surface area (TPSA) is 24.0 Å². The van der Waals surface area contributed by atoms with Crippen LogP contribution in [-0.2, 0) is 0 Å². The zero-order chi connectivity index (χ0) is 29.2. The van der Waals surface area contributed by atoms with Crippen molar-refractivity contribution < 1.29 is 0 Å². The van der Waals surface area contributed by atoms with Gasteiger partial charge in [0.05, 0.1) is 11.0 Å². The fourth-order valence-electron chi connectivity index (χ4n) is 7.59. The predicted octanol–water partition coefficient (Wildman–Crippen LogP) is 10.5. The molecule has 0 spiro atoms. The largest absolute Gasteiger partial charge is 0.354 e. The molecule has 1 fully saturated rings. The molecule has 2 aromatic heterocycles. The van der Waals surface area contributed by atoms with Crippen molar-refractivity contribution in [2.24, 2.45) is 0 Å². The normalized spacial score (nSPS) is 15.7. The number of likely N-dealkylation sites (tertiary alicyclic amines) is 1. The molecule has 8 aromatic rings. The van der Waals surface area contributed by atoms with Crippen molar-refractivity contribution in [1.82, 2.24) is 14.5 Å². The SMILES string of the molecule is CN1CCCC1c1cc2c(cc1-c1ccc(-c3ccc(-n4c5ccccc5c5ccccc54)cc3)cc1)[nH]c1ccccc12. The second-order valence-corrected chi connectivity index (χ2v) is 12.3. The van der Waals surface area contributed by atoms with Crippen LogP contribution in [0.5, 0.6) is 0 Å². The lowest BCUT2D eigenvalue weighted by molar-refractivity contribution is 0.318. The number of rotatable bonds is 4. The van der Waals surface area contributed by atoms with Gasteiger partial charge in [-0.25, -0.2) is 0 Å². The maximum Gasteiger partial charge on any atom is 0.0541 e. The van der Waals surface area contributed by atoms with Crippen molar-refractivity contribution in [3.63, 3.8) is 0 Å². The molecular weight excluding hydrogens is 534 g/mol. The first-order valence-electron chi connectivity index (χ1n) is 15.7. The molecule has 44 heavy (non-hydrogen) atoms. The number of aromatic nitrogens is 2. The van der Waals surface area contributed by atoms with Crippen LogP contribution in [0.15, 0.2) is 133 Å². The number of fused-ring (bicyclic) bond motifs is 6. The highest BCUT2D eigenvalue weighted by Crippen LogP contribution is 2.41. The molecule has 1 saturated heterocycles. The highest BCUT2D eigenvalue weighted by molar-refractivity contribution is 6.10. The van der Waals surface area contributed by atoms with Crippen LogP contribution < -0.4 is 0 Å². The monoisotopic (exact) mass is 567 g/mol. The summed E-state index contributed by atoms with van der Waals surface area (Å²) >= 11 is 0. The van der Waals surface area contributed by atoms with E-state index in [2.05, 4.69) is 155 Å². The minimum absolute atomic E-state index is 0.441. The molecule has 1 unspecified atom stereocenters. The first-order valence-corrected chi connectivity index (χ1v) is 15.7. The average molecular weight is 568 g/mol. The maximum atomic E-state index is 3.68. The zero-order valence-electron chi connectivity index (χ0n) is 24.8. The van der Waals surface area contributed by atoms with Crippen molar-refractivity contribution in [2.45, 2.75) is 18.9 Å². The number of aromatic amines is 1. The summed E-state index contributed by atoms with van der Waals surface area (Å²) in [6.07, 6.45) is 2.45. The number of hydrogen-bond donors (Lipinski definition) is 1. The third-order valence-electron chi connectivity index (χ3n) is 9.79. The molecule has 3 nitrogen and oxygen atoms in total. The molecule has 3 heteroatoms. The van der Waals surface area contributed by atoms with Gasteiger partial charge >= 0.3 is 0 Å². The van der Waals surface area contributed by atoms with E-state index in [0.717, 1.165) is 6.54 Å². The number of H-pyrrole nitrogens is 1. The van der Waals surface area contributed by atoms with Gasteiger partial charge in [0.2, 0.25) is 0 Å². The van der Waals surface area contributed by atoms with Crippen LogP contribution in [0.3, 0.4) is 0 Å².